The van der Waals surface area contributed by atoms with Crippen molar-refractivity contribution in [2.24, 2.45) is 0 Å². The summed E-state index contributed by atoms with van der Waals surface area (Å²) in [5.41, 5.74) is 0.790. The first-order valence-corrected chi connectivity index (χ1v) is 5.63. The lowest BCUT2D eigenvalue weighted by Gasteiger charge is -2.07. The highest BCUT2D eigenvalue weighted by molar-refractivity contribution is 6.31. The second-order valence-corrected chi connectivity index (χ2v) is 4.15. The van der Waals surface area contributed by atoms with Gasteiger partial charge in [-0.3, -0.25) is 10.1 Å². The van der Waals surface area contributed by atoms with Crippen LogP contribution in [0.3, 0.4) is 0 Å². The summed E-state index contributed by atoms with van der Waals surface area (Å²) >= 11 is 5.90. The summed E-state index contributed by atoms with van der Waals surface area (Å²) in [7, 11) is 0. The van der Waals surface area contributed by atoms with Gasteiger partial charge in [-0.15, -0.1) is 0 Å². The van der Waals surface area contributed by atoms with Gasteiger partial charge < -0.3 is 4.74 Å². The summed E-state index contributed by atoms with van der Waals surface area (Å²) in [6.45, 7) is 1.84. The van der Waals surface area contributed by atoms with E-state index in [1.165, 1.54) is 6.07 Å². The molecule has 0 aliphatic carbocycles. The van der Waals surface area contributed by atoms with E-state index < -0.39 is 4.92 Å². The zero-order valence-electron chi connectivity index (χ0n) is 9.59. The van der Waals surface area contributed by atoms with Crippen molar-refractivity contribution in [3.8, 4) is 11.5 Å². The van der Waals surface area contributed by atoms with Crippen LogP contribution in [0.2, 0.25) is 5.02 Å². The first-order chi connectivity index (χ1) is 8.58. The summed E-state index contributed by atoms with van der Waals surface area (Å²) < 4.78 is 5.51. The number of ether oxygens (including phenoxy) is 1. The van der Waals surface area contributed by atoms with Gasteiger partial charge in [-0.05, 0) is 36.8 Å². The van der Waals surface area contributed by atoms with Crippen LogP contribution in [0.1, 0.15) is 5.56 Å². The van der Waals surface area contributed by atoms with Gasteiger partial charge in [0, 0.05) is 11.1 Å². The predicted molar refractivity (Wildman–Crippen MR) is 69.4 cm³/mol. The molecule has 0 saturated carbocycles. The third-order valence-corrected chi connectivity index (χ3v) is 2.84. The Kier molecular flexibility index (Phi) is 3.48. The van der Waals surface area contributed by atoms with Gasteiger partial charge in [0.05, 0.1) is 4.92 Å². The van der Waals surface area contributed by atoms with Gasteiger partial charge in [0.2, 0.25) is 5.75 Å². The number of rotatable bonds is 3. The van der Waals surface area contributed by atoms with E-state index in [0.717, 1.165) is 5.56 Å². The van der Waals surface area contributed by atoms with Crippen LogP contribution >= 0.6 is 11.6 Å². The van der Waals surface area contributed by atoms with Gasteiger partial charge in [-0.2, -0.15) is 0 Å². The first-order valence-electron chi connectivity index (χ1n) is 5.25. The van der Waals surface area contributed by atoms with Crippen LogP contribution < -0.4 is 4.74 Å². The minimum Gasteiger partial charge on any atom is -0.450 e. The Bertz CT molecular complexity index is 599. The maximum Gasteiger partial charge on any atom is 0.311 e. The molecule has 5 heteroatoms. The van der Waals surface area contributed by atoms with E-state index in [0.29, 0.717) is 10.8 Å². The molecule has 0 radical (unpaired) electrons. The maximum atomic E-state index is 10.8. The maximum absolute atomic E-state index is 10.8. The molecule has 92 valence electrons. The molecular weight excluding hydrogens is 254 g/mol. The number of nitro benzene ring substituents is 1. The number of nitro groups is 1. The molecule has 0 aliphatic heterocycles. The second-order valence-electron chi connectivity index (χ2n) is 3.74. The lowest BCUT2D eigenvalue weighted by atomic mass is 10.2. The highest BCUT2D eigenvalue weighted by Crippen LogP contribution is 2.32. The van der Waals surface area contributed by atoms with Crippen molar-refractivity contribution in [2.45, 2.75) is 6.92 Å². The molecule has 18 heavy (non-hydrogen) atoms. The normalized spacial score (nSPS) is 10.1. The topological polar surface area (TPSA) is 52.4 Å². The number of para-hydroxylation sites is 2. The molecule has 0 amide bonds. The smallest absolute Gasteiger partial charge is 0.311 e. The SMILES string of the molecule is Cc1cc(Oc2ccccc2[N+](=O)[O-])ccc1Cl. The van der Waals surface area contributed by atoms with Gasteiger partial charge in [-0.1, -0.05) is 23.7 Å². The molecule has 0 heterocycles. The molecule has 0 spiro atoms. The van der Waals surface area contributed by atoms with Crippen molar-refractivity contribution in [3.05, 3.63) is 63.2 Å². The Balaban J connectivity index is 2.34. The average molecular weight is 264 g/mol. The number of hydrogen-bond acceptors (Lipinski definition) is 3. The van der Waals surface area contributed by atoms with Crippen LogP contribution in [0.4, 0.5) is 5.69 Å². The fraction of sp³-hybridized carbons (Fsp3) is 0.0769. The number of halogens is 1. The fourth-order valence-electron chi connectivity index (χ4n) is 1.50. The lowest BCUT2D eigenvalue weighted by Crippen LogP contribution is -1.93. The molecule has 2 aromatic carbocycles. The van der Waals surface area contributed by atoms with E-state index in [-0.39, 0.29) is 11.4 Å². The van der Waals surface area contributed by atoms with Crippen molar-refractivity contribution in [1.82, 2.24) is 0 Å². The molecule has 2 aromatic rings. The van der Waals surface area contributed by atoms with Crippen LogP contribution in [-0.4, -0.2) is 4.92 Å². The summed E-state index contributed by atoms with van der Waals surface area (Å²) in [6, 6.07) is 11.3. The van der Waals surface area contributed by atoms with E-state index in [4.69, 9.17) is 16.3 Å². The third-order valence-electron chi connectivity index (χ3n) is 2.42. The van der Waals surface area contributed by atoms with Crippen LogP contribution in [0, 0.1) is 17.0 Å². The zero-order valence-corrected chi connectivity index (χ0v) is 10.3. The van der Waals surface area contributed by atoms with Crippen molar-refractivity contribution < 1.29 is 9.66 Å². The number of hydrogen-bond donors (Lipinski definition) is 0. The summed E-state index contributed by atoms with van der Waals surface area (Å²) in [5, 5.41) is 11.5. The van der Waals surface area contributed by atoms with Crippen LogP contribution in [0.5, 0.6) is 11.5 Å². The van der Waals surface area contributed by atoms with Crippen LogP contribution in [-0.2, 0) is 0 Å². The van der Waals surface area contributed by atoms with E-state index in [1.807, 2.05) is 6.92 Å². The van der Waals surface area contributed by atoms with E-state index in [9.17, 15) is 10.1 Å². The summed E-state index contributed by atoms with van der Waals surface area (Å²) in [5.74, 6) is 0.732. The Labute approximate surface area is 109 Å². The largest absolute Gasteiger partial charge is 0.450 e. The predicted octanol–water partition coefficient (Wildman–Crippen LogP) is 4.35. The molecule has 4 nitrogen and oxygen atoms in total. The lowest BCUT2D eigenvalue weighted by molar-refractivity contribution is -0.385. The Morgan fingerprint density at radius 3 is 2.61 bits per heavy atom. The third kappa shape index (κ3) is 2.60. The van der Waals surface area contributed by atoms with Crippen molar-refractivity contribution in [2.75, 3.05) is 0 Å². The minimum absolute atomic E-state index is 0.0647. The molecule has 0 saturated heterocycles. The molecular formula is C13H10ClNO3. The molecule has 0 atom stereocenters. The van der Waals surface area contributed by atoms with E-state index in [1.54, 1.807) is 36.4 Å². The van der Waals surface area contributed by atoms with E-state index in [2.05, 4.69) is 0 Å². The van der Waals surface area contributed by atoms with Gasteiger partial charge in [0.25, 0.3) is 0 Å². The van der Waals surface area contributed by atoms with Gasteiger partial charge >= 0.3 is 5.69 Å². The van der Waals surface area contributed by atoms with Gasteiger partial charge in [0.1, 0.15) is 5.75 Å². The summed E-state index contributed by atoms with van der Waals surface area (Å²) in [4.78, 5) is 10.4. The monoisotopic (exact) mass is 263 g/mol. The molecule has 0 N–H and O–H groups in total. The van der Waals surface area contributed by atoms with Gasteiger partial charge in [0.15, 0.2) is 0 Å². The molecule has 0 aliphatic rings. The fourth-order valence-corrected chi connectivity index (χ4v) is 1.62. The molecule has 0 bridgehead atoms. The number of nitrogens with zero attached hydrogens (tertiary/aromatic N) is 1. The van der Waals surface area contributed by atoms with E-state index >= 15 is 0 Å². The first kappa shape index (κ1) is 12.4. The quantitative estimate of drug-likeness (QED) is 0.611. The van der Waals surface area contributed by atoms with Crippen molar-refractivity contribution in [3.63, 3.8) is 0 Å². The molecule has 2 rings (SSSR count). The van der Waals surface area contributed by atoms with Crippen molar-refractivity contribution in [1.29, 1.82) is 0 Å². The Morgan fingerprint density at radius 1 is 1.22 bits per heavy atom. The van der Waals surface area contributed by atoms with Crippen molar-refractivity contribution >= 4 is 17.3 Å². The Hall–Kier alpha value is -2.07. The molecule has 0 unspecified atom stereocenters. The highest BCUT2D eigenvalue weighted by Gasteiger charge is 2.14. The minimum atomic E-state index is -0.474. The van der Waals surface area contributed by atoms with Crippen LogP contribution in [0.25, 0.3) is 0 Å². The second kappa shape index (κ2) is 5.06. The summed E-state index contributed by atoms with van der Waals surface area (Å²) in [6.07, 6.45) is 0. The molecule has 0 fully saturated rings. The Morgan fingerprint density at radius 2 is 1.94 bits per heavy atom. The van der Waals surface area contributed by atoms with Crippen LogP contribution in [0.15, 0.2) is 42.5 Å². The number of aryl methyl sites for hydroxylation is 1. The van der Waals surface area contributed by atoms with Gasteiger partial charge in [-0.25, -0.2) is 0 Å². The average Bonchev–Trinajstić information content (AvgIpc) is 2.34. The zero-order chi connectivity index (χ0) is 13.1. The standard InChI is InChI=1S/C13H10ClNO3/c1-9-8-10(6-7-11(9)14)18-13-5-3-2-4-12(13)15(16)17/h2-8H,1H3. The highest BCUT2D eigenvalue weighted by atomic mass is 35.5. The number of benzene rings is 2. The molecule has 0 aromatic heterocycles.